The molecule has 0 heterocycles. The van der Waals surface area contributed by atoms with E-state index in [1.165, 1.54) is 18.2 Å². The number of carboxylic acid groups (broad SMARTS) is 1. The lowest BCUT2D eigenvalue weighted by Gasteiger charge is -2.14. The van der Waals surface area contributed by atoms with Crippen LogP contribution in [0, 0.1) is 5.21 Å². The molecule has 1 aromatic carbocycles. The van der Waals surface area contributed by atoms with E-state index in [2.05, 4.69) is 0 Å². The Balaban J connectivity index is 2.91. The molecule has 0 bridgehead atoms. The summed E-state index contributed by atoms with van der Waals surface area (Å²) in [6.45, 7) is 0. The van der Waals surface area contributed by atoms with Crippen LogP contribution in [0.25, 0.3) is 0 Å². The molecule has 0 spiro atoms. The van der Waals surface area contributed by atoms with Crippen molar-refractivity contribution in [2.24, 2.45) is 5.73 Å². The summed E-state index contributed by atoms with van der Waals surface area (Å²) in [5.41, 5.74) is 5.48. The fourth-order valence-electron chi connectivity index (χ4n) is 1.22. The molecule has 0 aliphatic rings. The average Bonchev–Trinajstić information content (AvgIpc) is 2.20. The van der Waals surface area contributed by atoms with Gasteiger partial charge in [-0.2, -0.15) is 5.23 Å². The lowest BCUT2D eigenvalue weighted by atomic mass is 10.1. The van der Waals surface area contributed by atoms with Crippen LogP contribution in [0.3, 0.4) is 0 Å². The molecule has 0 aliphatic heterocycles. The zero-order valence-electron chi connectivity index (χ0n) is 8.25. The monoisotopic (exact) mass is 228 g/mol. The molecule has 1 aromatic rings. The average molecular weight is 228 g/mol. The zero-order chi connectivity index (χ0) is 12.3. The summed E-state index contributed by atoms with van der Waals surface area (Å²) in [4.78, 5) is 10.5. The number of phenolic OH excluding ortho intramolecular Hbond substituents is 1. The smallest absolute Gasteiger partial charge is 0.320 e. The second-order valence-corrected chi connectivity index (χ2v) is 3.31. The number of nitrogens with two attached hydrogens (primary N) is 1. The first-order valence-electron chi connectivity index (χ1n) is 4.45. The number of phenols is 1. The SMILES string of the molecule is NC(Cc1ccc(O)c([NH+]([O-])O)c1)C(=O)O. The quantitative estimate of drug-likeness (QED) is 0.323. The van der Waals surface area contributed by atoms with Crippen molar-refractivity contribution in [2.75, 3.05) is 0 Å². The van der Waals surface area contributed by atoms with Crippen molar-refractivity contribution >= 4 is 11.7 Å². The molecule has 2 atom stereocenters. The maximum absolute atomic E-state index is 10.7. The summed E-state index contributed by atoms with van der Waals surface area (Å²) in [6.07, 6.45) is 0.00981. The van der Waals surface area contributed by atoms with Gasteiger partial charge in [0.1, 0.15) is 6.04 Å². The Kier molecular flexibility index (Phi) is 3.80. The molecular formula is C9H12N2O5. The van der Waals surface area contributed by atoms with Crippen molar-refractivity contribution in [1.82, 2.24) is 0 Å². The van der Waals surface area contributed by atoms with E-state index in [1.54, 1.807) is 0 Å². The largest absolute Gasteiger partial charge is 0.595 e. The Hall–Kier alpha value is -1.67. The third-order valence-corrected chi connectivity index (χ3v) is 2.06. The van der Waals surface area contributed by atoms with E-state index in [0.717, 1.165) is 0 Å². The molecule has 0 saturated carbocycles. The highest BCUT2D eigenvalue weighted by Crippen LogP contribution is 2.20. The molecule has 16 heavy (non-hydrogen) atoms. The van der Waals surface area contributed by atoms with Crippen LogP contribution >= 0.6 is 0 Å². The highest BCUT2D eigenvalue weighted by atomic mass is 16.8. The van der Waals surface area contributed by atoms with Gasteiger partial charge in [-0.05, 0) is 18.1 Å². The van der Waals surface area contributed by atoms with Gasteiger partial charge < -0.3 is 21.2 Å². The first-order chi connectivity index (χ1) is 7.41. The molecule has 0 saturated heterocycles. The number of hydrogen-bond acceptors (Lipinski definition) is 5. The number of rotatable bonds is 4. The van der Waals surface area contributed by atoms with Gasteiger partial charge >= 0.3 is 5.97 Å². The number of aliphatic carboxylic acids is 1. The van der Waals surface area contributed by atoms with Crippen LogP contribution in [0.1, 0.15) is 5.56 Å². The van der Waals surface area contributed by atoms with Crippen molar-refractivity contribution in [3.8, 4) is 5.75 Å². The second kappa shape index (κ2) is 4.90. The molecule has 7 nitrogen and oxygen atoms in total. The van der Waals surface area contributed by atoms with Crippen LogP contribution in [-0.4, -0.2) is 27.4 Å². The first kappa shape index (κ1) is 12.4. The van der Waals surface area contributed by atoms with Gasteiger partial charge in [0.2, 0.25) is 5.69 Å². The highest BCUT2D eigenvalue weighted by molar-refractivity contribution is 5.73. The van der Waals surface area contributed by atoms with Crippen molar-refractivity contribution in [3.05, 3.63) is 29.0 Å². The van der Waals surface area contributed by atoms with E-state index < -0.39 is 17.2 Å². The minimum atomic E-state index is -1.27. The van der Waals surface area contributed by atoms with Crippen molar-refractivity contribution < 1.29 is 25.4 Å². The number of hydrogen-bond donors (Lipinski definition) is 5. The highest BCUT2D eigenvalue weighted by Gasteiger charge is 2.15. The number of aromatic hydroxyl groups is 1. The zero-order valence-corrected chi connectivity index (χ0v) is 8.25. The molecule has 0 amide bonds. The maximum Gasteiger partial charge on any atom is 0.320 e. The van der Waals surface area contributed by atoms with Crippen molar-refractivity contribution in [3.63, 3.8) is 0 Å². The molecule has 0 fully saturated rings. The van der Waals surface area contributed by atoms with Crippen LogP contribution in [0.2, 0.25) is 0 Å². The Morgan fingerprint density at radius 2 is 2.19 bits per heavy atom. The predicted molar refractivity (Wildman–Crippen MR) is 53.2 cm³/mol. The molecule has 1 rings (SSSR count). The Bertz CT molecular complexity index is 393. The molecule has 0 aliphatic carbocycles. The number of benzene rings is 1. The third kappa shape index (κ3) is 2.91. The summed E-state index contributed by atoms with van der Waals surface area (Å²) in [5, 5.41) is 35.9. The molecule has 0 radical (unpaired) electrons. The van der Waals surface area contributed by atoms with Crippen LogP contribution in [-0.2, 0) is 11.2 Å². The maximum atomic E-state index is 10.7. The summed E-state index contributed by atoms with van der Waals surface area (Å²) >= 11 is 0. The molecule has 88 valence electrons. The Morgan fingerprint density at radius 1 is 1.56 bits per heavy atom. The fourth-order valence-corrected chi connectivity index (χ4v) is 1.22. The molecule has 0 aromatic heterocycles. The molecule has 6 N–H and O–H groups in total. The fraction of sp³-hybridized carbons (Fsp3) is 0.222. The molecule has 2 unspecified atom stereocenters. The minimum absolute atomic E-state index is 0.00981. The normalized spacial score (nSPS) is 14.4. The van der Waals surface area contributed by atoms with Crippen molar-refractivity contribution in [2.45, 2.75) is 12.5 Å². The predicted octanol–water partition coefficient (Wildman–Crippen LogP) is -1.25. The van der Waals surface area contributed by atoms with Gasteiger partial charge in [0.25, 0.3) is 0 Å². The van der Waals surface area contributed by atoms with Crippen LogP contribution in [0.4, 0.5) is 5.69 Å². The third-order valence-electron chi connectivity index (χ3n) is 2.06. The van der Waals surface area contributed by atoms with E-state index in [-0.39, 0.29) is 17.9 Å². The summed E-state index contributed by atoms with van der Waals surface area (Å²) in [6, 6.07) is 2.75. The minimum Gasteiger partial charge on any atom is -0.595 e. The van der Waals surface area contributed by atoms with Gasteiger partial charge in [-0.15, -0.1) is 0 Å². The summed E-state index contributed by atoms with van der Waals surface area (Å²) in [5.74, 6) is -1.52. The standard InChI is InChI=1S/C9H12N2O5/c10-6(9(13)14)3-5-1-2-8(12)7(4-5)11(15)16/h1-2,4,6,11-12,15H,3,10H2,(H,13,14). The van der Waals surface area contributed by atoms with Gasteiger partial charge in [-0.25, -0.2) is 5.21 Å². The van der Waals surface area contributed by atoms with E-state index in [0.29, 0.717) is 5.56 Å². The van der Waals surface area contributed by atoms with Crippen LogP contribution < -0.4 is 11.0 Å². The summed E-state index contributed by atoms with van der Waals surface area (Å²) in [7, 11) is 0. The van der Waals surface area contributed by atoms with E-state index in [1.807, 2.05) is 0 Å². The van der Waals surface area contributed by atoms with E-state index in [9.17, 15) is 15.1 Å². The first-order valence-corrected chi connectivity index (χ1v) is 4.45. The molecule has 7 heteroatoms. The number of carboxylic acids is 1. The van der Waals surface area contributed by atoms with E-state index in [4.69, 9.17) is 16.0 Å². The summed E-state index contributed by atoms with van der Waals surface area (Å²) < 4.78 is 0. The number of nitrogens with one attached hydrogen (secondary N) is 1. The Morgan fingerprint density at radius 3 is 2.69 bits per heavy atom. The number of carbonyl (C=O) groups is 1. The lowest BCUT2D eigenvalue weighted by molar-refractivity contribution is -0.991. The van der Waals surface area contributed by atoms with Crippen LogP contribution in [0.5, 0.6) is 5.75 Å². The van der Waals surface area contributed by atoms with Gasteiger partial charge in [-0.3, -0.25) is 4.79 Å². The van der Waals surface area contributed by atoms with Gasteiger partial charge in [-0.1, -0.05) is 6.07 Å². The number of quaternary nitrogens is 1. The Labute approximate surface area is 90.9 Å². The lowest BCUT2D eigenvalue weighted by Crippen LogP contribution is -2.99. The van der Waals surface area contributed by atoms with Gasteiger partial charge in [0.15, 0.2) is 5.75 Å². The van der Waals surface area contributed by atoms with E-state index >= 15 is 0 Å². The molecular weight excluding hydrogens is 216 g/mol. The van der Waals surface area contributed by atoms with Crippen molar-refractivity contribution in [1.29, 1.82) is 0 Å². The van der Waals surface area contributed by atoms with Gasteiger partial charge in [0, 0.05) is 6.07 Å². The second-order valence-electron chi connectivity index (χ2n) is 3.31. The topological polar surface area (TPSA) is 131 Å². The van der Waals surface area contributed by atoms with Crippen LogP contribution in [0.15, 0.2) is 18.2 Å². The van der Waals surface area contributed by atoms with Gasteiger partial charge in [0.05, 0.1) is 0 Å².